The van der Waals surface area contributed by atoms with Crippen molar-refractivity contribution >= 4 is 52.1 Å². The zero-order chi connectivity index (χ0) is 51.8. The fraction of sp³-hybridized carbons (Fsp3) is 0.222. The van der Waals surface area contributed by atoms with Crippen LogP contribution in [0.25, 0.3) is 0 Å². The van der Waals surface area contributed by atoms with E-state index in [0.29, 0.717) is 33.9 Å². The Morgan fingerprint density at radius 3 is 0.903 bits per heavy atom. The molecule has 0 saturated heterocycles. The molecule has 18 heteroatoms. The van der Waals surface area contributed by atoms with Crippen molar-refractivity contribution < 1.29 is 58.3 Å². The molecule has 3 heterocycles. The molecule has 6 aromatic rings. The maximum Gasteiger partial charge on any atom is 0.271 e. The van der Waals surface area contributed by atoms with E-state index in [1.165, 1.54) is 20.8 Å². The van der Waals surface area contributed by atoms with Crippen LogP contribution in [0.5, 0.6) is 17.2 Å². The van der Waals surface area contributed by atoms with Crippen LogP contribution in [0.2, 0.25) is 0 Å². The molecule has 0 aromatic heterocycles. The monoisotopic (exact) mass is 972 g/mol. The van der Waals surface area contributed by atoms with Gasteiger partial charge in [-0.1, -0.05) is 72.8 Å². The normalized spacial score (nSPS) is 26.4. The summed E-state index contributed by atoms with van der Waals surface area (Å²) in [5.41, 5.74) is 18.7. The van der Waals surface area contributed by atoms with Gasteiger partial charge < -0.3 is 62.7 Å². The number of carbonyl (C=O) groups excluding carboxylic acids is 6. The molecule has 0 spiro atoms. The fourth-order valence-corrected chi connectivity index (χ4v) is 11.2. The van der Waals surface area contributed by atoms with Crippen molar-refractivity contribution in [3.63, 3.8) is 0 Å². The number of ketones is 3. The molecule has 0 bridgehead atoms. The van der Waals surface area contributed by atoms with Crippen LogP contribution in [0.4, 0.5) is 17.1 Å². The molecule has 3 aliphatic carbocycles. The van der Waals surface area contributed by atoms with Gasteiger partial charge in [-0.3, -0.25) is 28.8 Å². The molecule has 0 radical (unpaired) electrons. The Balaban J connectivity index is 0.000000124. The van der Waals surface area contributed by atoms with Gasteiger partial charge in [0, 0.05) is 71.2 Å². The number of carbonyl (C=O) groups is 6. The van der Waals surface area contributed by atoms with Gasteiger partial charge in [-0.2, -0.15) is 0 Å². The summed E-state index contributed by atoms with van der Waals surface area (Å²) in [5.74, 6) is -7.78. The van der Waals surface area contributed by atoms with Crippen LogP contribution in [0.3, 0.4) is 0 Å². The number of Topliss-reactive ketones (excluding diaryl/α,β-unsaturated/α-hetero) is 3. The summed E-state index contributed by atoms with van der Waals surface area (Å²) in [5, 5.41) is 42.0. The summed E-state index contributed by atoms with van der Waals surface area (Å²) >= 11 is 0. The molecule has 12 N–H and O–H groups in total. The number of anilines is 3. The molecule has 2 unspecified atom stereocenters. The zero-order valence-electron chi connectivity index (χ0n) is 39.6. The molecule has 3 aliphatic heterocycles. The highest BCUT2D eigenvalue weighted by molar-refractivity contribution is 6.17. The topological polar surface area (TPSA) is 305 Å². The molecule has 6 aliphatic rings. The Bertz CT molecular complexity index is 3130. The van der Waals surface area contributed by atoms with E-state index in [1.54, 1.807) is 109 Å². The van der Waals surface area contributed by atoms with E-state index in [2.05, 4.69) is 16.0 Å². The number of amides is 3. The number of nitrogens with one attached hydrogen (secondary N) is 3. The highest BCUT2D eigenvalue weighted by atomic mass is 16.6. The molecule has 12 rings (SSSR count). The van der Waals surface area contributed by atoms with Crippen LogP contribution in [-0.4, -0.2) is 50.4 Å². The number of rotatable bonds is 3. The van der Waals surface area contributed by atoms with Crippen LogP contribution in [0.15, 0.2) is 109 Å². The third-order valence-corrected chi connectivity index (χ3v) is 14.1. The second kappa shape index (κ2) is 15.5. The van der Waals surface area contributed by atoms with Crippen LogP contribution in [-0.2, 0) is 48.4 Å². The molecule has 6 atom stereocenters. The fourth-order valence-electron chi connectivity index (χ4n) is 11.2. The standard InChI is InChI=1S/3C18H16N2O4/c3*1-9-6-7-11-14(8-9)24-18(23)12-4-3-5-13(19)15(12)16(22)17(11,18)20-10(2)21/h3*3-8,23H,19H2,1-2H3,(H,20,21)/t2*17-,18-;/m10./s1. The number of benzene rings is 6. The van der Waals surface area contributed by atoms with E-state index < -0.39 is 69.0 Å². The Morgan fingerprint density at radius 2 is 0.667 bits per heavy atom. The first-order chi connectivity index (χ1) is 33.9. The summed E-state index contributed by atoms with van der Waals surface area (Å²) in [6, 6.07) is 30.1. The van der Waals surface area contributed by atoms with Crippen molar-refractivity contribution in [3.8, 4) is 17.2 Å². The third-order valence-electron chi connectivity index (χ3n) is 14.1. The average molecular weight is 973 g/mol. The van der Waals surface area contributed by atoms with Gasteiger partial charge in [-0.15, -0.1) is 0 Å². The number of nitrogen functional groups attached to an aromatic ring is 3. The lowest BCUT2D eigenvalue weighted by Crippen LogP contribution is -2.59. The number of hydrogen-bond acceptors (Lipinski definition) is 15. The molecular formula is C54H48N6O12. The summed E-state index contributed by atoms with van der Waals surface area (Å²) in [4.78, 5) is 75.5. The Hall–Kier alpha value is -8.58. The predicted octanol–water partition coefficient (Wildman–Crippen LogP) is 4.03. The smallest absolute Gasteiger partial charge is 0.271 e. The largest absolute Gasteiger partial charge is 0.454 e. The second-order valence-corrected chi connectivity index (χ2v) is 18.8. The predicted molar refractivity (Wildman–Crippen MR) is 259 cm³/mol. The van der Waals surface area contributed by atoms with E-state index in [0.717, 1.165) is 16.7 Å². The zero-order valence-corrected chi connectivity index (χ0v) is 39.6. The first kappa shape index (κ1) is 47.1. The van der Waals surface area contributed by atoms with E-state index in [1.807, 2.05) is 20.8 Å². The van der Waals surface area contributed by atoms with Crippen molar-refractivity contribution in [2.45, 2.75) is 75.5 Å². The summed E-state index contributed by atoms with van der Waals surface area (Å²) in [6.45, 7) is 9.50. The minimum Gasteiger partial charge on any atom is -0.454 e. The Morgan fingerprint density at radius 1 is 0.417 bits per heavy atom. The van der Waals surface area contributed by atoms with Gasteiger partial charge in [0.05, 0.1) is 16.7 Å². The van der Waals surface area contributed by atoms with Gasteiger partial charge in [-0.05, 0) is 73.9 Å². The van der Waals surface area contributed by atoms with E-state index >= 15 is 0 Å². The van der Waals surface area contributed by atoms with Crippen LogP contribution in [0, 0.1) is 20.8 Å². The van der Waals surface area contributed by atoms with E-state index in [9.17, 15) is 44.1 Å². The maximum absolute atomic E-state index is 13.3. The minimum absolute atomic E-state index is 0.181. The van der Waals surface area contributed by atoms with Gasteiger partial charge in [0.25, 0.3) is 17.4 Å². The van der Waals surface area contributed by atoms with Gasteiger partial charge >= 0.3 is 0 Å². The first-order valence-electron chi connectivity index (χ1n) is 22.7. The van der Waals surface area contributed by atoms with Gasteiger partial charge in [-0.25, -0.2) is 0 Å². The maximum atomic E-state index is 13.3. The lowest BCUT2D eigenvalue weighted by atomic mass is 9.82. The lowest BCUT2D eigenvalue weighted by Gasteiger charge is -2.34. The minimum atomic E-state index is -2.03. The van der Waals surface area contributed by atoms with Crippen molar-refractivity contribution in [3.05, 3.63) is 176 Å². The van der Waals surface area contributed by atoms with Gasteiger partial charge in [0.2, 0.25) is 51.7 Å². The van der Waals surface area contributed by atoms with Crippen LogP contribution in [0.1, 0.15) is 102 Å². The molecule has 72 heavy (non-hydrogen) atoms. The number of aliphatic hydroxyl groups is 3. The number of hydrogen-bond donors (Lipinski definition) is 9. The van der Waals surface area contributed by atoms with Gasteiger partial charge in [0.15, 0.2) is 0 Å². The molecular weight excluding hydrogens is 925 g/mol. The SMILES string of the molecule is CC(=O)NC12C(=O)c3c(N)cccc3C1(O)Oc1cc(C)ccc12.CC(=O)N[C@@]12C(=O)c3c(N)cccc3[C@]1(O)Oc1cc(C)ccc12.CC(=O)N[C@]12C(=O)c3c(N)cccc3[C@@]1(O)Oc1cc(C)ccc12. The Labute approximate surface area is 411 Å². The molecule has 366 valence electrons. The van der Waals surface area contributed by atoms with Crippen molar-refractivity contribution in [2.24, 2.45) is 0 Å². The number of aryl methyl sites for hydroxylation is 3. The highest BCUT2D eigenvalue weighted by Crippen LogP contribution is 2.62. The van der Waals surface area contributed by atoms with E-state index in [4.69, 9.17) is 31.4 Å². The molecule has 0 saturated carbocycles. The number of ether oxygens (including phenoxy) is 3. The van der Waals surface area contributed by atoms with Crippen molar-refractivity contribution in [2.75, 3.05) is 17.2 Å². The molecule has 18 nitrogen and oxygen atoms in total. The average Bonchev–Trinajstić information content (AvgIpc) is 3.97. The first-order valence-corrected chi connectivity index (χ1v) is 22.7. The quantitative estimate of drug-likeness (QED) is 0.113. The molecule has 3 amide bonds. The molecule has 0 fully saturated rings. The molecule has 6 aromatic carbocycles. The van der Waals surface area contributed by atoms with Crippen LogP contribution < -0.4 is 47.4 Å². The summed E-state index contributed by atoms with van der Waals surface area (Å²) in [6.07, 6.45) is 0. The van der Waals surface area contributed by atoms with Gasteiger partial charge in [0.1, 0.15) is 17.2 Å². The number of nitrogens with two attached hydrogens (primary N) is 3. The van der Waals surface area contributed by atoms with Crippen molar-refractivity contribution in [1.29, 1.82) is 0 Å². The lowest BCUT2D eigenvalue weighted by molar-refractivity contribution is -0.175. The highest BCUT2D eigenvalue weighted by Gasteiger charge is 2.74. The van der Waals surface area contributed by atoms with Crippen LogP contribution >= 0.6 is 0 Å². The summed E-state index contributed by atoms with van der Waals surface area (Å²) < 4.78 is 17.5. The van der Waals surface area contributed by atoms with Crippen molar-refractivity contribution in [1.82, 2.24) is 16.0 Å². The van der Waals surface area contributed by atoms with E-state index in [-0.39, 0.29) is 50.4 Å². The summed E-state index contributed by atoms with van der Waals surface area (Å²) in [7, 11) is 0. The number of fused-ring (bicyclic) bond motifs is 15. The second-order valence-electron chi connectivity index (χ2n) is 18.8. The third kappa shape index (κ3) is 5.87. The Kier molecular flexibility index (Phi) is 10.1.